The van der Waals surface area contributed by atoms with Crippen LogP contribution in [0.25, 0.3) is 0 Å². The first kappa shape index (κ1) is 15.2. The van der Waals surface area contributed by atoms with E-state index in [0.29, 0.717) is 5.56 Å². The van der Waals surface area contributed by atoms with E-state index < -0.39 is 17.6 Å². The first-order valence-corrected chi connectivity index (χ1v) is 6.24. The number of hydrazone groups is 1. The van der Waals surface area contributed by atoms with Gasteiger partial charge < -0.3 is 10.4 Å². The number of para-hydroxylation sites is 1. The Kier molecular flexibility index (Phi) is 4.81. The normalized spacial score (nSPS) is 10.4. The van der Waals surface area contributed by atoms with Crippen molar-refractivity contribution in [3.05, 3.63) is 59.9 Å². The molecule has 0 bridgehead atoms. The zero-order chi connectivity index (χ0) is 15.9. The highest BCUT2D eigenvalue weighted by Gasteiger charge is 2.14. The van der Waals surface area contributed by atoms with Gasteiger partial charge in [-0.3, -0.25) is 9.59 Å². The van der Waals surface area contributed by atoms with Gasteiger partial charge in [0.1, 0.15) is 11.6 Å². The van der Waals surface area contributed by atoms with Crippen LogP contribution in [-0.4, -0.2) is 23.1 Å². The van der Waals surface area contributed by atoms with Crippen molar-refractivity contribution in [2.45, 2.75) is 0 Å². The molecule has 0 spiro atoms. The highest BCUT2D eigenvalue weighted by molar-refractivity contribution is 6.39. The van der Waals surface area contributed by atoms with Crippen molar-refractivity contribution in [2.24, 2.45) is 5.10 Å². The van der Waals surface area contributed by atoms with Crippen LogP contribution in [0.3, 0.4) is 0 Å². The van der Waals surface area contributed by atoms with E-state index >= 15 is 0 Å². The van der Waals surface area contributed by atoms with E-state index in [2.05, 4.69) is 10.4 Å². The maximum Gasteiger partial charge on any atom is 0.329 e. The molecule has 2 aromatic carbocycles. The number of hydrogen-bond acceptors (Lipinski definition) is 4. The number of phenols is 1. The number of rotatable bonds is 3. The number of halogens is 1. The Hall–Kier alpha value is -3.22. The fourth-order valence-electron chi connectivity index (χ4n) is 1.52. The Morgan fingerprint density at radius 3 is 2.41 bits per heavy atom. The lowest BCUT2D eigenvalue weighted by atomic mass is 10.2. The highest BCUT2D eigenvalue weighted by atomic mass is 19.1. The number of carbonyl (C=O) groups is 2. The predicted molar refractivity (Wildman–Crippen MR) is 78.9 cm³/mol. The van der Waals surface area contributed by atoms with Gasteiger partial charge in [-0.05, 0) is 42.0 Å². The van der Waals surface area contributed by atoms with Gasteiger partial charge in [-0.15, -0.1) is 0 Å². The number of nitrogens with one attached hydrogen (secondary N) is 2. The molecule has 0 aliphatic carbocycles. The molecule has 0 saturated heterocycles. The third kappa shape index (κ3) is 4.14. The summed E-state index contributed by atoms with van der Waals surface area (Å²) < 4.78 is 13.3. The van der Waals surface area contributed by atoms with Crippen LogP contribution in [0, 0.1) is 5.82 Å². The van der Waals surface area contributed by atoms with Gasteiger partial charge in [0.2, 0.25) is 0 Å². The van der Waals surface area contributed by atoms with E-state index in [9.17, 15) is 14.0 Å². The molecule has 2 aromatic rings. The monoisotopic (exact) mass is 301 g/mol. The van der Waals surface area contributed by atoms with Crippen LogP contribution in [-0.2, 0) is 9.59 Å². The summed E-state index contributed by atoms with van der Waals surface area (Å²) in [7, 11) is 0. The molecular weight excluding hydrogens is 289 g/mol. The van der Waals surface area contributed by atoms with E-state index in [0.717, 1.165) is 6.07 Å². The Balaban J connectivity index is 1.90. The summed E-state index contributed by atoms with van der Waals surface area (Å²) in [6, 6.07) is 11.5. The second-order valence-corrected chi connectivity index (χ2v) is 4.22. The zero-order valence-corrected chi connectivity index (χ0v) is 11.3. The minimum Gasteiger partial charge on any atom is -0.508 e. The van der Waals surface area contributed by atoms with Crippen molar-refractivity contribution in [3.63, 3.8) is 0 Å². The van der Waals surface area contributed by atoms with Crippen LogP contribution in [0.5, 0.6) is 5.75 Å². The molecule has 0 radical (unpaired) electrons. The lowest BCUT2D eigenvalue weighted by Crippen LogP contribution is -2.32. The maximum atomic E-state index is 13.3. The summed E-state index contributed by atoms with van der Waals surface area (Å²) in [4.78, 5) is 23.1. The molecule has 0 aliphatic heterocycles. The molecule has 0 heterocycles. The van der Waals surface area contributed by atoms with Crippen molar-refractivity contribution in [2.75, 3.05) is 5.32 Å². The van der Waals surface area contributed by atoms with E-state index in [-0.39, 0.29) is 11.4 Å². The van der Waals surface area contributed by atoms with E-state index in [1.54, 1.807) is 12.1 Å². The maximum absolute atomic E-state index is 13.3. The number of benzene rings is 2. The molecule has 0 aliphatic rings. The number of carbonyl (C=O) groups excluding carboxylic acids is 2. The molecule has 0 aromatic heterocycles. The zero-order valence-electron chi connectivity index (χ0n) is 11.3. The molecule has 0 saturated carbocycles. The average molecular weight is 301 g/mol. The molecular formula is C15H12FN3O3. The van der Waals surface area contributed by atoms with Crippen molar-refractivity contribution >= 4 is 23.7 Å². The van der Waals surface area contributed by atoms with Crippen molar-refractivity contribution in [3.8, 4) is 5.75 Å². The summed E-state index contributed by atoms with van der Waals surface area (Å²) in [5.41, 5.74) is 2.54. The third-order valence-electron chi connectivity index (χ3n) is 2.60. The summed E-state index contributed by atoms with van der Waals surface area (Å²) in [5.74, 6) is -2.60. The van der Waals surface area contributed by atoms with Crippen LogP contribution in [0.4, 0.5) is 10.1 Å². The van der Waals surface area contributed by atoms with Gasteiger partial charge in [-0.1, -0.05) is 12.1 Å². The number of amides is 2. The minimum absolute atomic E-state index is 0.0924. The highest BCUT2D eigenvalue weighted by Crippen LogP contribution is 2.11. The lowest BCUT2D eigenvalue weighted by Gasteiger charge is -2.04. The van der Waals surface area contributed by atoms with Gasteiger partial charge in [0, 0.05) is 0 Å². The molecule has 0 fully saturated rings. The Bertz CT molecular complexity index is 714. The van der Waals surface area contributed by atoms with Gasteiger partial charge in [-0.25, -0.2) is 9.82 Å². The lowest BCUT2D eigenvalue weighted by molar-refractivity contribution is -0.136. The fraction of sp³-hybridized carbons (Fsp3) is 0. The van der Waals surface area contributed by atoms with Crippen molar-refractivity contribution in [1.29, 1.82) is 0 Å². The predicted octanol–water partition coefficient (Wildman–Crippen LogP) is 1.62. The smallest absolute Gasteiger partial charge is 0.329 e. The largest absolute Gasteiger partial charge is 0.508 e. The second kappa shape index (κ2) is 6.98. The average Bonchev–Trinajstić information content (AvgIpc) is 2.51. The van der Waals surface area contributed by atoms with Gasteiger partial charge in [0.25, 0.3) is 0 Å². The van der Waals surface area contributed by atoms with Gasteiger partial charge in [0.05, 0.1) is 11.9 Å². The number of nitrogens with zero attached hydrogens (tertiary/aromatic N) is 1. The molecule has 0 unspecified atom stereocenters. The van der Waals surface area contributed by atoms with Crippen LogP contribution in [0.2, 0.25) is 0 Å². The van der Waals surface area contributed by atoms with Crippen LogP contribution < -0.4 is 10.7 Å². The van der Waals surface area contributed by atoms with Gasteiger partial charge in [0.15, 0.2) is 0 Å². The quantitative estimate of drug-likeness (QED) is 0.457. The molecule has 7 heteroatoms. The number of phenolic OH excluding ortho intramolecular Hbond substituents is 1. The Morgan fingerprint density at radius 2 is 1.73 bits per heavy atom. The molecule has 0 atom stereocenters. The first-order chi connectivity index (χ1) is 10.6. The van der Waals surface area contributed by atoms with Crippen molar-refractivity contribution < 1.29 is 19.1 Å². The van der Waals surface area contributed by atoms with Crippen molar-refractivity contribution in [1.82, 2.24) is 5.43 Å². The molecule has 2 rings (SSSR count). The topological polar surface area (TPSA) is 90.8 Å². The molecule has 112 valence electrons. The number of aromatic hydroxyl groups is 1. The second-order valence-electron chi connectivity index (χ2n) is 4.22. The molecule has 3 N–H and O–H groups in total. The molecule has 22 heavy (non-hydrogen) atoms. The number of hydrogen-bond donors (Lipinski definition) is 3. The molecule has 6 nitrogen and oxygen atoms in total. The summed E-state index contributed by atoms with van der Waals surface area (Å²) >= 11 is 0. The Labute approximate surface area is 125 Å². The van der Waals surface area contributed by atoms with Crippen LogP contribution in [0.1, 0.15) is 5.56 Å². The Morgan fingerprint density at radius 1 is 1.05 bits per heavy atom. The van der Waals surface area contributed by atoms with E-state index in [1.807, 2.05) is 5.43 Å². The molecule has 2 amide bonds. The standard InChI is InChI=1S/C15H12FN3O3/c16-12-3-1-2-4-13(12)18-14(21)15(22)19-17-9-10-5-7-11(20)8-6-10/h1-9,20H,(H,18,21)(H,19,22)/b17-9-. The summed E-state index contributed by atoms with van der Waals surface area (Å²) in [6.45, 7) is 0. The van der Waals surface area contributed by atoms with E-state index in [1.165, 1.54) is 36.5 Å². The first-order valence-electron chi connectivity index (χ1n) is 6.24. The fourth-order valence-corrected chi connectivity index (χ4v) is 1.52. The minimum atomic E-state index is -1.03. The van der Waals surface area contributed by atoms with Gasteiger partial charge in [-0.2, -0.15) is 5.10 Å². The number of anilines is 1. The van der Waals surface area contributed by atoms with E-state index in [4.69, 9.17) is 5.11 Å². The van der Waals surface area contributed by atoms with Crippen LogP contribution in [0.15, 0.2) is 53.6 Å². The van der Waals surface area contributed by atoms with Crippen LogP contribution >= 0.6 is 0 Å². The van der Waals surface area contributed by atoms with Gasteiger partial charge >= 0.3 is 11.8 Å². The summed E-state index contributed by atoms with van der Waals surface area (Å²) in [5, 5.41) is 14.8. The summed E-state index contributed by atoms with van der Waals surface area (Å²) in [6.07, 6.45) is 1.30. The third-order valence-corrected chi connectivity index (χ3v) is 2.60. The SMILES string of the molecule is O=C(N/N=C\c1ccc(O)cc1)C(=O)Nc1ccccc1F.